The van der Waals surface area contributed by atoms with Gasteiger partial charge in [0.25, 0.3) is 0 Å². The number of ether oxygens (including phenoxy) is 2. The highest BCUT2D eigenvalue weighted by atomic mass is 19.4. The SMILES string of the molecule is COc1ccc(COC(C)c2nnc(/C(=C/n3cnc(-c4cc(C5CC5)nc(C(F)(F)F)c4)n3)c3cncnc3)o2)cc1. The fraction of sp³-hybridized carbons (Fsp3) is 0.276. The lowest BCUT2D eigenvalue weighted by atomic mass is 10.1. The monoisotopic (exact) mass is 590 g/mol. The molecular weight excluding hydrogens is 565 g/mol. The molecule has 11 nitrogen and oxygen atoms in total. The van der Waals surface area contributed by atoms with Crippen LogP contribution in [0.2, 0.25) is 0 Å². The Morgan fingerprint density at radius 1 is 1.12 bits per heavy atom. The van der Waals surface area contributed by atoms with Crippen molar-refractivity contribution in [3.05, 3.63) is 95.7 Å². The van der Waals surface area contributed by atoms with Gasteiger partial charge >= 0.3 is 6.18 Å². The normalized spacial score (nSPS) is 14.6. The second-order valence-corrected chi connectivity index (χ2v) is 9.90. The summed E-state index contributed by atoms with van der Waals surface area (Å²) in [5, 5.41) is 12.8. The number of alkyl halides is 3. The van der Waals surface area contributed by atoms with Crippen LogP contribution in [0.5, 0.6) is 5.75 Å². The van der Waals surface area contributed by atoms with Gasteiger partial charge in [0.05, 0.1) is 19.3 Å². The summed E-state index contributed by atoms with van der Waals surface area (Å²) in [7, 11) is 1.60. The van der Waals surface area contributed by atoms with Crippen LogP contribution in [-0.2, 0) is 17.5 Å². The van der Waals surface area contributed by atoms with Crippen LogP contribution in [0.4, 0.5) is 13.2 Å². The van der Waals surface area contributed by atoms with Crippen molar-refractivity contribution in [3.8, 4) is 17.1 Å². The molecule has 1 aromatic carbocycles. The first-order chi connectivity index (χ1) is 20.8. The van der Waals surface area contributed by atoms with E-state index >= 15 is 0 Å². The minimum Gasteiger partial charge on any atom is -0.497 e. The van der Waals surface area contributed by atoms with Crippen LogP contribution in [-0.4, -0.2) is 47.0 Å². The maximum absolute atomic E-state index is 13.6. The molecule has 0 N–H and O–H groups in total. The third kappa shape index (κ3) is 6.59. The van der Waals surface area contributed by atoms with Gasteiger partial charge in [0, 0.05) is 41.3 Å². The van der Waals surface area contributed by atoms with Gasteiger partial charge in [-0.3, -0.25) is 0 Å². The summed E-state index contributed by atoms with van der Waals surface area (Å²) in [5.74, 6) is 1.26. The predicted molar refractivity (Wildman–Crippen MR) is 146 cm³/mol. The van der Waals surface area contributed by atoms with Crippen LogP contribution < -0.4 is 4.74 Å². The van der Waals surface area contributed by atoms with Crippen molar-refractivity contribution in [2.75, 3.05) is 7.11 Å². The van der Waals surface area contributed by atoms with E-state index in [2.05, 4.69) is 35.2 Å². The number of hydrogen-bond acceptors (Lipinski definition) is 10. The molecule has 0 amide bonds. The van der Waals surface area contributed by atoms with E-state index < -0.39 is 18.0 Å². The van der Waals surface area contributed by atoms with Crippen LogP contribution in [0.15, 0.2) is 65.9 Å². The zero-order chi connectivity index (χ0) is 30.0. The summed E-state index contributed by atoms with van der Waals surface area (Å²) in [4.78, 5) is 16.2. The van der Waals surface area contributed by atoms with Crippen LogP contribution in [0, 0.1) is 0 Å². The zero-order valence-corrected chi connectivity index (χ0v) is 23.1. The van der Waals surface area contributed by atoms with Crippen molar-refractivity contribution in [3.63, 3.8) is 0 Å². The van der Waals surface area contributed by atoms with Gasteiger partial charge in [0.2, 0.25) is 11.8 Å². The van der Waals surface area contributed by atoms with E-state index in [4.69, 9.17) is 13.9 Å². The van der Waals surface area contributed by atoms with Gasteiger partial charge in [0.1, 0.15) is 30.2 Å². The van der Waals surface area contributed by atoms with Gasteiger partial charge in [-0.2, -0.15) is 13.2 Å². The molecule has 1 unspecified atom stereocenters. The number of pyridine rings is 1. The minimum absolute atomic E-state index is 0.0158. The number of nitrogens with zero attached hydrogens (tertiary/aromatic N) is 8. The maximum atomic E-state index is 13.6. The fourth-order valence-corrected chi connectivity index (χ4v) is 4.23. The molecular formula is C29H25F3N8O3. The Hall–Kier alpha value is -4.98. The van der Waals surface area contributed by atoms with Gasteiger partial charge < -0.3 is 13.9 Å². The summed E-state index contributed by atoms with van der Waals surface area (Å²) in [5.41, 5.74) is 1.55. The van der Waals surface area contributed by atoms with Crippen molar-refractivity contribution in [2.45, 2.75) is 44.6 Å². The highest BCUT2D eigenvalue weighted by molar-refractivity contribution is 5.83. The van der Waals surface area contributed by atoms with E-state index in [1.54, 1.807) is 38.7 Å². The molecule has 0 saturated heterocycles. The second kappa shape index (κ2) is 11.7. The molecule has 1 atom stereocenters. The number of aromatic nitrogens is 8. The molecule has 220 valence electrons. The van der Waals surface area contributed by atoms with Gasteiger partial charge in [-0.15, -0.1) is 15.3 Å². The number of halogens is 3. The number of methoxy groups -OCH3 is 1. The lowest BCUT2D eigenvalue weighted by Gasteiger charge is -2.10. The van der Waals surface area contributed by atoms with E-state index in [1.807, 2.05) is 24.3 Å². The zero-order valence-electron chi connectivity index (χ0n) is 23.1. The molecule has 4 heterocycles. The van der Waals surface area contributed by atoms with E-state index in [0.29, 0.717) is 23.4 Å². The molecule has 5 aromatic rings. The fourth-order valence-electron chi connectivity index (χ4n) is 4.23. The standard InChI is InChI=1S/C29H25F3N8O3/c1-17(42-14-18-3-7-22(41-2)8-4-18)27-37-38-28(43-27)23(21-11-33-15-34-12-21)13-40-16-35-26(39-40)20-9-24(19-5-6-19)36-25(10-20)29(30,31)32/h3-4,7-13,15-17,19H,5-6,14H2,1-2H3/b23-13+. The summed E-state index contributed by atoms with van der Waals surface area (Å²) in [6.45, 7) is 2.10. The molecule has 1 aliphatic rings. The summed E-state index contributed by atoms with van der Waals surface area (Å²) in [6.07, 6.45) is 3.93. The van der Waals surface area contributed by atoms with Crippen molar-refractivity contribution >= 4 is 11.8 Å². The Bertz CT molecular complexity index is 1730. The predicted octanol–water partition coefficient (Wildman–Crippen LogP) is 5.74. The molecule has 0 aliphatic heterocycles. The largest absolute Gasteiger partial charge is 0.497 e. The lowest BCUT2D eigenvalue weighted by Crippen LogP contribution is -2.10. The second-order valence-electron chi connectivity index (χ2n) is 9.90. The minimum atomic E-state index is -4.59. The van der Waals surface area contributed by atoms with Crippen LogP contribution in [0.25, 0.3) is 23.2 Å². The highest BCUT2D eigenvalue weighted by Crippen LogP contribution is 2.41. The van der Waals surface area contributed by atoms with Crippen LogP contribution in [0.3, 0.4) is 0 Å². The average Bonchev–Trinajstić information content (AvgIpc) is 3.57. The Morgan fingerprint density at radius 3 is 2.58 bits per heavy atom. The Labute approximate surface area is 243 Å². The van der Waals surface area contributed by atoms with E-state index in [1.165, 1.54) is 17.3 Å². The first-order valence-corrected chi connectivity index (χ1v) is 13.3. The summed E-state index contributed by atoms with van der Waals surface area (Å²) in [6, 6.07) is 10.1. The van der Waals surface area contributed by atoms with Gasteiger partial charge in [-0.05, 0) is 49.6 Å². The van der Waals surface area contributed by atoms with E-state index in [-0.39, 0.29) is 29.1 Å². The molecule has 1 fully saturated rings. The topological polar surface area (TPSA) is 127 Å². The van der Waals surface area contributed by atoms with Gasteiger partial charge in [-0.1, -0.05) is 12.1 Å². The molecule has 1 saturated carbocycles. The Morgan fingerprint density at radius 2 is 1.88 bits per heavy atom. The van der Waals surface area contributed by atoms with Crippen LogP contribution >= 0.6 is 0 Å². The number of rotatable bonds is 10. The third-order valence-electron chi connectivity index (χ3n) is 6.71. The Balaban J connectivity index is 1.27. The highest BCUT2D eigenvalue weighted by Gasteiger charge is 2.36. The van der Waals surface area contributed by atoms with E-state index in [9.17, 15) is 13.2 Å². The first kappa shape index (κ1) is 28.2. The molecule has 0 radical (unpaired) electrons. The van der Waals surface area contributed by atoms with Gasteiger partial charge in [-0.25, -0.2) is 24.6 Å². The summed E-state index contributed by atoms with van der Waals surface area (Å²) < 4.78 is 59.1. The molecule has 4 aromatic heterocycles. The van der Waals surface area contributed by atoms with Crippen molar-refractivity contribution in [2.24, 2.45) is 0 Å². The lowest BCUT2D eigenvalue weighted by molar-refractivity contribution is -0.141. The average molecular weight is 591 g/mol. The number of benzene rings is 1. The molecule has 0 spiro atoms. The third-order valence-corrected chi connectivity index (χ3v) is 6.71. The maximum Gasteiger partial charge on any atom is 0.433 e. The molecule has 14 heteroatoms. The smallest absolute Gasteiger partial charge is 0.433 e. The van der Waals surface area contributed by atoms with Crippen LogP contribution in [0.1, 0.15) is 66.1 Å². The quantitative estimate of drug-likeness (QED) is 0.199. The van der Waals surface area contributed by atoms with Crippen molar-refractivity contribution in [1.82, 2.24) is 39.9 Å². The van der Waals surface area contributed by atoms with Crippen molar-refractivity contribution in [1.29, 1.82) is 0 Å². The molecule has 43 heavy (non-hydrogen) atoms. The first-order valence-electron chi connectivity index (χ1n) is 13.3. The summed E-state index contributed by atoms with van der Waals surface area (Å²) >= 11 is 0. The molecule has 1 aliphatic carbocycles. The molecule has 6 rings (SSSR count). The molecule has 0 bridgehead atoms. The Kier molecular flexibility index (Phi) is 7.67. The van der Waals surface area contributed by atoms with Gasteiger partial charge in [0.15, 0.2) is 5.82 Å². The van der Waals surface area contributed by atoms with Crippen molar-refractivity contribution < 1.29 is 27.1 Å². The van der Waals surface area contributed by atoms with E-state index in [0.717, 1.165) is 30.2 Å². The number of hydrogen-bond donors (Lipinski definition) is 0.